The summed E-state index contributed by atoms with van der Waals surface area (Å²) in [4.78, 5) is 7.45. The molecule has 0 amide bonds. The van der Waals surface area contributed by atoms with Gasteiger partial charge in [0.15, 0.2) is 0 Å². The first-order chi connectivity index (χ1) is 13.7. The molecule has 0 bridgehead atoms. The number of anilines is 2. The predicted molar refractivity (Wildman–Crippen MR) is 106 cm³/mol. The summed E-state index contributed by atoms with van der Waals surface area (Å²) in [5, 5.41) is 13.6. The van der Waals surface area contributed by atoms with Gasteiger partial charge in [-0.25, -0.2) is 9.37 Å². The molecule has 0 fully saturated rings. The standard InChI is InChI=1S/C22H17FN4O/c23-17-4-1-15(2-5-17)8-10-28-20-11-19(14-24)27-22(13-20)26-18-6-3-16-7-9-25-21(16)12-18/h1-7,9,11-13,25H,8,10H2,(H,26,27). The van der Waals surface area contributed by atoms with Crippen molar-refractivity contribution in [2.24, 2.45) is 0 Å². The van der Waals surface area contributed by atoms with Crippen molar-refractivity contribution in [1.29, 1.82) is 5.26 Å². The van der Waals surface area contributed by atoms with Crippen molar-refractivity contribution in [1.82, 2.24) is 9.97 Å². The van der Waals surface area contributed by atoms with Crippen LogP contribution >= 0.6 is 0 Å². The number of hydrogen-bond donors (Lipinski definition) is 2. The Labute approximate surface area is 161 Å². The second-order valence-corrected chi connectivity index (χ2v) is 6.31. The molecule has 2 aromatic heterocycles. The summed E-state index contributed by atoms with van der Waals surface area (Å²) in [6.45, 7) is 0.411. The molecule has 2 heterocycles. The first-order valence-electron chi connectivity index (χ1n) is 8.83. The molecule has 6 heteroatoms. The minimum Gasteiger partial charge on any atom is -0.493 e. The van der Waals surface area contributed by atoms with Gasteiger partial charge in [-0.1, -0.05) is 18.2 Å². The maximum absolute atomic E-state index is 13.0. The Kier molecular flexibility index (Phi) is 4.89. The fourth-order valence-electron chi connectivity index (χ4n) is 2.92. The summed E-state index contributed by atoms with van der Waals surface area (Å²) in [5.74, 6) is 0.824. The monoisotopic (exact) mass is 372 g/mol. The van der Waals surface area contributed by atoms with Crippen LogP contribution in [0.2, 0.25) is 0 Å². The van der Waals surface area contributed by atoms with E-state index >= 15 is 0 Å². The third-order valence-electron chi connectivity index (χ3n) is 4.31. The zero-order chi connectivity index (χ0) is 19.3. The number of aromatic amines is 1. The fraction of sp³-hybridized carbons (Fsp3) is 0.0909. The van der Waals surface area contributed by atoms with Gasteiger partial charge in [-0.3, -0.25) is 0 Å². The van der Waals surface area contributed by atoms with Gasteiger partial charge in [0, 0.05) is 36.0 Å². The molecule has 2 aromatic carbocycles. The van der Waals surface area contributed by atoms with Crippen molar-refractivity contribution in [2.75, 3.05) is 11.9 Å². The SMILES string of the molecule is N#Cc1cc(OCCc2ccc(F)cc2)cc(Nc2ccc3cc[nH]c3c2)n1. The highest BCUT2D eigenvalue weighted by Gasteiger charge is 2.06. The quantitative estimate of drug-likeness (QED) is 0.503. The van der Waals surface area contributed by atoms with E-state index in [0.717, 1.165) is 22.2 Å². The van der Waals surface area contributed by atoms with E-state index in [0.29, 0.717) is 24.6 Å². The molecule has 0 aliphatic rings. The molecule has 28 heavy (non-hydrogen) atoms. The van der Waals surface area contributed by atoms with E-state index in [2.05, 4.69) is 21.4 Å². The van der Waals surface area contributed by atoms with Crippen molar-refractivity contribution in [3.63, 3.8) is 0 Å². The van der Waals surface area contributed by atoms with Crippen LogP contribution in [0.5, 0.6) is 5.75 Å². The van der Waals surface area contributed by atoms with E-state index in [1.807, 2.05) is 30.5 Å². The van der Waals surface area contributed by atoms with E-state index in [1.54, 1.807) is 24.3 Å². The van der Waals surface area contributed by atoms with Gasteiger partial charge in [0.25, 0.3) is 0 Å². The number of fused-ring (bicyclic) bond motifs is 1. The number of aromatic nitrogens is 2. The first kappa shape index (κ1) is 17.6. The smallest absolute Gasteiger partial charge is 0.146 e. The predicted octanol–water partition coefficient (Wildman–Crippen LogP) is 4.94. The largest absolute Gasteiger partial charge is 0.493 e. The average Bonchev–Trinajstić information content (AvgIpc) is 3.17. The van der Waals surface area contributed by atoms with Gasteiger partial charge in [-0.2, -0.15) is 5.26 Å². The summed E-state index contributed by atoms with van der Waals surface area (Å²) < 4.78 is 18.8. The van der Waals surface area contributed by atoms with E-state index in [1.165, 1.54) is 12.1 Å². The number of ether oxygens (including phenoxy) is 1. The number of benzene rings is 2. The normalized spacial score (nSPS) is 10.6. The molecule has 2 N–H and O–H groups in total. The van der Waals surface area contributed by atoms with Gasteiger partial charge in [0.1, 0.15) is 29.1 Å². The van der Waals surface area contributed by atoms with Crippen LogP contribution in [0.1, 0.15) is 11.3 Å². The molecule has 0 atom stereocenters. The molecule has 5 nitrogen and oxygen atoms in total. The van der Waals surface area contributed by atoms with E-state index in [4.69, 9.17) is 4.74 Å². The average molecular weight is 372 g/mol. The van der Waals surface area contributed by atoms with Crippen molar-refractivity contribution < 1.29 is 9.13 Å². The maximum Gasteiger partial charge on any atom is 0.146 e. The van der Waals surface area contributed by atoms with Crippen molar-refractivity contribution in [3.05, 3.63) is 83.9 Å². The van der Waals surface area contributed by atoms with Gasteiger partial charge in [0.05, 0.1) is 6.61 Å². The Bertz CT molecular complexity index is 1150. The molecular weight excluding hydrogens is 355 g/mol. The third-order valence-corrected chi connectivity index (χ3v) is 4.31. The summed E-state index contributed by atoms with van der Waals surface area (Å²) in [5.41, 5.74) is 3.11. The lowest BCUT2D eigenvalue weighted by atomic mass is 10.2. The number of nitrogens with zero attached hydrogens (tertiary/aromatic N) is 2. The number of nitrogens with one attached hydrogen (secondary N) is 2. The Morgan fingerprint density at radius 3 is 2.75 bits per heavy atom. The topological polar surface area (TPSA) is 73.7 Å². The highest BCUT2D eigenvalue weighted by Crippen LogP contribution is 2.24. The van der Waals surface area contributed by atoms with Crippen LogP contribution in [0.3, 0.4) is 0 Å². The summed E-state index contributed by atoms with van der Waals surface area (Å²) in [6.07, 6.45) is 2.52. The van der Waals surface area contributed by atoms with Crippen LogP contribution in [0.15, 0.2) is 66.9 Å². The van der Waals surface area contributed by atoms with Crippen LogP contribution < -0.4 is 10.1 Å². The molecule has 0 saturated carbocycles. The van der Waals surface area contributed by atoms with Crippen LogP contribution in [-0.4, -0.2) is 16.6 Å². The molecule has 0 saturated heterocycles. The number of nitriles is 1. The van der Waals surface area contributed by atoms with E-state index < -0.39 is 0 Å². The summed E-state index contributed by atoms with van der Waals surface area (Å²) in [7, 11) is 0. The second-order valence-electron chi connectivity index (χ2n) is 6.31. The highest BCUT2D eigenvalue weighted by molar-refractivity contribution is 5.83. The highest BCUT2D eigenvalue weighted by atomic mass is 19.1. The number of rotatable bonds is 6. The van der Waals surface area contributed by atoms with Crippen LogP contribution in [0, 0.1) is 17.1 Å². The minimum absolute atomic E-state index is 0.259. The number of halogens is 1. The molecular formula is C22H17FN4O. The van der Waals surface area contributed by atoms with Crippen molar-refractivity contribution >= 4 is 22.4 Å². The lowest BCUT2D eigenvalue weighted by molar-refractivity contribution is 0.321. The molecule has 0 spiro atoms. The van der Waals surface area contributed by atoms with Gasteiger partial charge in [0.2, 0.25) is 0 Å². The molecule has 4 rings (SSSR count). The maximum atomic E-state index is 13.0. The lowest BCUT2D eigenvalue weighted by Crippen LogP contribution is -2.03. The third kappa shape index (κ3) is 4.10. The van der Waals surface area contributed by atoms with Crippen LogP contribution in [0.4, 0.5) is 15.9 Å². The Morgan fingerprint density at radius 1 is 1.07 bits per heavy atom. The lowest BCUT2D eigenvalue weighted by Gasteiger charge is -2.10. The molecule has 0 aliphatic heterocycles. The second kappa shape index (κ2) is 7.80. The molecule has 0 aliphatic carbocycles. The van der Waals surface area contributed by atoms with Crippen molar-refractivity contribution in [2.45, 2.75) is 6.42 Å². The molecule has 0 radical (unpaired) electrons. The van der Waals surface area contributed by atoms with Gasteiger partial charge >= 0.3 is 0 Å². The van der Waals surface area contributed by atoms with E-state index in [9.17, 15) is 9.65 Å². The molecule has 0 unspecified atom stereocenters. The van der Waals surface area contributed by atoms with Gasteiger partial charge < -0.3 is 15.0 Å². The minimum atomic E-state index is -0.259. The fourth-order valence-corrected chi connectivity index (χ4v) is 2.92. The van der Waals surface area contributed by atoms with Gasteiger partial charge in [-0.15, -0.1) is 0 Å². The van der Waals surface area contributed by atoms with Crippen LogP contribution in [0.25, 0.3) is 10.9 Å². The summed E-state index contributed by atoms with van der Waals surface area (Å²) >= 11 is 0. The number of hydrogen-bond acceptors (Lipinski definition) is 4. The molecule has 138 valence electrons. The number of H-pyrrole nitrogens is 1. The Balaban J connectivity index is 1.47. The Morgan fingerprint density at radius 2 is 1.93 bits per heavy atom. The Hall–Kier alpha value is -3.85. The van der Waals surface area contributed by atoms with Crippen molar-refractivity contribution in [3.8, 4) is 11.8 Å². The summed E-state index contributed by atoms with van der Waals surface area (Å²) in [6, 6.07) is 19.7. The number of pyridine rings is 1. The first-order valence-corrected chi connectivity index (χ1v) is 8.83. The van der Waals surface area contributed by atoms with E-state index in [-0.39, 0.29) is 11.5 Å². The zero-order valence-corrected chi connectivity index (χ0v) is 14.9. The van der Waals surface area contributed by atoms with Gasteiger partial charge in [-0.05, 0) is 41.3 Å². The van der Waals surface area contributed by atoms with Crippen LogP contribution in [-0.2, 0) is 6.42 Å². The molecule has 4 aromatic rings. The zero-order valence-electron chi connectivity index (χ0n) is 14.9.